The monoisotopic (exact) mass is 290 g/mol. The van der Waals surface area contributed by atoms with Crippen LogP contribution in [0.2, 0.25) is 0 Å². The average molecular weight is 290 g/mol. The number of halogens is 3. The Bertz CT molecular complexity index is 709. The number of H-pyrrole nitrogens is 1. The number of benzene rings is 2. The van der Waals surface area contributed by atoms with E-state index < -0.39 is 11.7 Å². The molecule has 0 amide bonds. The summed E-state index contributed by atoms with van der Waals surface area (Å²) < 4.78 is 37.4. The van der Waals surface area contributed by atoms with Gasteiger partial charge in [0.2, 0.25) is 0 Å². The minimum Gasteiger partial charge on any atom is -0.342 e. The van der Waals surface area contributed by atoms with Gasteiger partial charge in [-0.25, -0.2) is 4.98 Å². The molecule has 1 heterocycles. The van der Waals surface area contributed by atoms with E-state index >= 15 is 0 Å². The summed E-state index contributed by atoms with van der Waals surface area (Å²) in [6, 6.07) is 13.0. The molecular weight excluding hydrogens is 277 g/mol. The molecule has 5 heteroatoms. The summed E-state index contributed by atoms with van der Waals surface area (Å²) in [7, 11) is 0. The lowest BCUT2D eigenvalue weighted by Crippen LogP contribution is -2.04. The van der Waals surface area contributed by atoms with Crippen LogP contribution in [0.3, 0.4) is 0 Å². The van der Waals surface area contributed by atoms with Crippen molar-refractivity contribution < 1.29 is 13.2 Å². The van der Waals surface area contributed by atoms with Gasteiger partial charge in [0.05, 0.1) is 16.6 Å². The summed E-state index contributed by atoms with van der Waals surface area (Å²) in [5.74, 6) is 0.844. The molecule has 0 radical (unpaired) electrons. The van der Waals surface area contributed by atoms with Crippen LogP contribution in [0, 0.1) is 0 Å². The van der Waals surface area contributed by atoms with Crippen molar-refractivity contribution in [2.45, 2.75) is 19.0 Å². The lowest BCUT2D eigenvalue weighted by molar-refractivity contribution is -0.137. The van der Waals surface area contributed by atoms with Crippen molar-refractivity contribution in [3.63, 3.8) is 0 Å². The molecule has 0 saturated heterocycles. The topological polar surface area (TPSA) is 28.7 Å². The Morgan fingerprint density at radius 2 is 1.62 bits per heavy atom. The molecule has 1 N–H and O–H groups in total. The number of imidazole rings is 1. The van der Waals surface area contributed by atoms with E-state index in [1.165, 1.54) is 12.1 Å². The summed E-state index contributed by atoms with van der Waals surface area (Å²) in [6.07, 6.45) is -2.96. The minimum absolute atomic E-state index is 0.616. The predicted octanol–water partition coefficient (Wildman–Crippen LogP) is 4.37. The first-order valence-electron chi connectivity index (χ1n) is 6.62. The first kappa shape index (κ1) is 13.7. The van der Waals surface area contributed by atoms with Crippen molar-refractivity contribution >= 4 is 11.0 Å². The molecule has 0 fully saturated rings. The fourth-order valence-corrected chi connectivity index (χ4v) is 2.25. The van der Waals surface area contributed by atoms with Crippen LogP contribution in [0.25, 0.3) is 11.0 Å². The fraction of sp³-hybridized carbons (Fsp3) is 0.188. The Morgan fingerprint density at radius 3 is 2.29 bits per heavy atom. The van der Waals surface area contributed by atoms with Gasteiger partial charge in [0.25, 0.3) is 0 Å². The summed E-state index contributed by atoms with van der Waals surface area (Å²) in [5.41, 5.74) is 2.12. The zero-order valence-electron chi connectivity index (χ0n) is 11.1. The van der Waals surface area contributed by atoms with Crippen molar-refractivity contribution in [2.75, 3.05) is 0 Å². The van der Waals surface area contributed by atoms with Crippen molar-refractivity contribution in [3.05, 3.63) is 65.5 Å². The van der Waals surface area contributed by atoms with Gasteiger partial charge in [-0.05, 0) is 36.2 Å². The van der Waals surface area contributed by atoms with Gasteiger partial charge in [-0.2, -0.15) is 13.2 Å². The third-order valence-electron chi connectivity index (χ3n) is 3.37. The molecule has 0 saturated carbocycles. The number of aromatic nitrogens is 2. The van der Waals surface area contributed by atoms with Gasteiger partial charge in [-0.3, -0.25) is 0 Å². The molecule has 0 aliphatic rings. The molecule has 3 rings (SSSR count). The molecule has 108 valence electrons. The maximum absolute atomic E-state index is 12.5. The Balaban J connectivity index is 1.69. The third kappa shape index (κ3) is 3.07. The SMILES string of the molecule is FC(F)(F)c1ccc(CCc2nc3ccccc3[nH]2)cc1. The number of nitrogens with zero attached hydrogens (tertiary/aromatic N) is 1. The van der Waals surface area contributed by atoms with E-state index in [1.807, 2.05) is 24.3 Å². The molecule has 2 nitrogen and oxygen atoms in total. The second-order valence-corrected chi connectivity index (χ2v) is 4.90. The molecule has 21 heavy (non-hydrogen) atoms. The van der Waals surface area contributed by atoms with Gasteiger partial charge in [-0.15, -0.1) is 0 Å². The maximum Gasteiger partial charge on any atom is 0.416 e. The number of rotatable bonds is 3. The summed E-state index contributed by atoms with van der Waals surface area (Å²) in [4.78, 5) is 7.66. The van der Waals surface area contributed by atoms with Crippen molar-refractivity contribution in [3.8, 4) is 0 Å². The fourth-order valence-electron chi connectivity index (χ4n) is 2.25. The number of alkyl halides is 3. The van der Waals surface area contributed by atoms with Crippen molar-refractivity contribution in [1.82, 2.24) is 9.97 Å². The van der Waals surface area contributed by atoms with Crippen LogP contribution in [0.5, 0.6) is 0 Å². The van der Waals surface area contributed by atoms with Crippen LogP contribution in [0.1, 0.15) is 17.0 Å². The van der Waals surface area contributed by atoms with Crippen molar-refractivity contribution in [1.29, 1.82) is 0 Å². The molecular formula is C16H13F3N2. The van der Waals surface area contributed by atoms with Gasteiger partial charge in [-0.1, -0.05) is 24.3 Å². The van der Waals surface area contributed by atoms with Crippen LogP contribution in [-0.2, 0) is 19.0 Å². The van der Waals surface area contributed by atoms with E-state index in [1.54, 1.807) is 0 Å². The normalized spacial score (nSPS) is 12.0. The van der Waals surface area contributed by atoms with E-state index in [2.05, 4.69) is 9.97 Å². The molecule has 0 aliphatic carbocycles. The second kappa shape index (κ2) is 5.24. The molecule has 0 unspecified atom stereocenters. The van der Waals surface area contributed by atoms with Gasteiger partial charge in [0.1, 0.15) is 5.82 Å². The van der Waals surface area contributed by atoms with E-state index in [4.69, 9.17) is 0 Å². The predicted molar refractivity (Wildman–Crippen MR) is 74.9 cm³/mol. The molecule has 0 spiro atoms. The van der Waals surface area contributed by atoms with Gasteiger partial charge < -0.3 is 4.98 Å². The van der Waals surface area contributed by atoms with Gasteiger partial charge in [0, 0.05) is 6.42 Å². The quantitative estimate of drug-likeness (QED) is 0.762. The van der Waals surface area contributed by atoms with Crippen LogP contribution in [-0.4, -0.2) is 9.97 Å². The highest BCUT2D eigenvalue weighted by Crippen LogP contribution is 2.29. The van der Waals surface area contributed by atoms with Crippen LogP contribution in [0.15, 0.2) is 48.5 Å². The summed E-state index contributed by atoms with van der Waals surface area (Å²) in [5, 5.41) is 0. The van der Waals surface area contributed by atoms with E-state index in [0.29, 0.717) is 12.8 Å². The third-order valence-corrected chi connectivity index (χ3v) is 3.37. The summed E-state index contributed by atoms with van der Waals surface area (Å²) >= 11 is 0. The molecule has 0 atom stereocenters. The number of hydrogen-bond donors (Lipinski definition) is 1. The lowest BCUT2D eigenvalue weighted by atomic mass is 10.1. The first-order valence-corrected chi connectivity index (χ1v) is 6.62. The number of para-hydroxylation sites is 2. The Hall–Kier alpha value is -2.30. The maximum atomic E-state index is 12.5. The van der Waals surface area contributed by atoms with Crippen LogP contribution >= 0.6 is 0 Å². The standard InChI is InChI=1S/C16H13F3N2/c17-16(18,19)12-8-5-11(6-9-12)7-10-15-20-13-3-1-2-4-14(13)21-15/h1-6,8-9H,7,10H2,(H,20,21). The summed E-state index contributed by atoms with van der Waals surface area (Å²) in [6.45, 7) is 0. The highest BCUT2D eigenvalue weighted by atomic mass is 19.4. The highest BCUT2D eigenvalue weighted by molar-refractivity contribution is 5.74. The zero-order valence-corrected chi connectivity index (χ0v) is 11.1. The van der Waals surface area contributed by atoms with Crippen molar-refractivity contribution in [2.24, 2.45) is 0 Å². The van der Waals surface area contributed by atoms with E-state index in [-0.39, 0.29) is 0 Å². The zero-order chi connectivity index (χ0) is 14.9. The smallest absolute Gasteiger partial charge is 0.342 e. The van der Waals surface area contributed by atoms with Gasteiger partial charge >= 0.3 is 6.18 Å². The molecule has 1 aromatic heterocycles. The lowest BCUT2D eigenvalue weighted by Gasteiger charge is -2.07. The average Bonchev–Trinajstić information content (AvgIpc) is 2.87. The first-order chi connectivity index (χ1) is 10.0. The molecule has 3 aromatic rings. The second-order valence-electron chi connectivity index (χ2n) is 4.90. The highest BCUT2D eigenvalue weighted by Gasteiger charge is 2.29. The largest absolute Gasteiger partial charge is 0.416 e. The molecule has 0 aliphatic heterocycles. The molecule has 0 bridgehead atoms. The van der Waals surface area contributed by atoms with Crippen LogP contribution < -0.4 is 0 Å². The number of aryl methyl sites for hydroxylation is 2. The Labute approximate surface area is 119 Å². The van der Waals surface area contributed by atoms with E-state index in [0.717, 1.165) is 34.6 Å². The number of fused-ring (bicyclic) bond motifs is 1. The molecule has 2 aromatic carbocycles. The van der Waals surface area contributed by atoms with E-state index in [9.17, 15) is 13.2 Å². The number of nitrogens with one attached hydrogen (secondary N) is 1. The number of aromatic amines is 1. The minimum atomic E-state index is -4.28. The number of hydrogen-bond acceptors (Lipinski definition) is 1. The Kier molecular flexibility index (Phi) is 3.41. The van der Waals surface area contributed by atoms with Gasteiger partial charge in [0.15, 0.2) is 0 Å². The van der Waals surface area contributed by atoms with Crippen LogP contribution in [0.4, 0.5) is 13.2 Å². The Morgan fingerprint density at radius 1 is 0.905 bits per heavy atom.